The lowest BCUT2D eigenvalue weighted by Gasteiger charge is -2.16. The lowest BCUT2D eigenvalue weighted by Crippen LogP contribution is -2.10. The Labute approximate surface area is 229 Å². The number of ether oxygens (including phenoxy) is 1. The number of rotatable bonds is 11. The molecule has 8 nitrogen and oxygen atoms in total. The van der Waals surface area contributed by atoms with Gasteiger partial charge in [-0.25, -0.2) is 9.97 Å². The second-order valence-electron chi connectivity index (χ2n) is 8.67. The van der Waals surface area contributed by atoms with E-state index in [1.165, 1.54) is 11.3 Å². The van der Waals surface area contributed by atoms with Gasteiger partial charge in [-0.2, -0.15) is 4.98 Å². The van der Waals surface area contributed by atoms with Crippen LogP contribution >= 0.6 is 11.3 Å². The maximum atomic E-state index is 11.7. The molecule has 3 aromatic heterocycles. The van der Waals surface area contributed by atoms with Crippen molar-refractivity contribution in [1.29, 1.82) is 0 Å². The van der Waals surface area contributed by atoms with Crippen LogP contribution in [0.3, 0.4) is 0 Å². The van der Waals surface area contributed by atoms with E-state index in [0.717, 1.165) is 34.4 Å². The molecule has 0 aliphatic carbocycles. The van der Waals surface area contributed by atoms with Crippen LogP contribution < -0.4 is 10.1 Å². The number of aromatic nitrogens is 3. The lowest BCUT2D eigenvalue weighted by molar-refractivity contribution is -0.137. The van der Waals surface area contributed by atoms with Gasteiger partial charge >= 0.3 is 12.0 Å². The lowest BCUT2D eigenvalue weighted by atomic mass is 9.91. The number of carboxylic acid groups (broad SMARTS) is 1. The fourth-order valence-corrected chi connectivity index (χ4v) is 4.87. The van der Waals surface area contributed by atoms with E-state index in [0.29, 0.717) is 22.9 Å². The second-order valence-corrected chi connectivity index (χ2v) is 9.62. The fraction of sp³-hybridized carbons (Fsp3) is 0.100. The van der Waals surface area contributed by atoms with Crippen LogP contribution in [-0.2, 0) is 11.3 Å². The van der Waals surface area contributed by atoms with Crippen LogP contribution in [0, 0.1) is 0 Å². The summed E-state index contributed by atoms with van der Waals surface area (Å²) in [5, 5.41) is 14.7. The monoisotopic (exact) mass is 536 g/mol. The van der Waals surface area contributed by atoms with Gasteiger partial charge in [0.2, 0.25) is 0 Å². The summed E-state index contributed by atoms with van der Waals surface area (Å²) >= 11 is 1.38. The molecule has 39 heavy (non-hydrogen) atoms. The van der Waals surface area contributed by atoms with E-state index in [4.69, 9.17) is 4.74 Å². The zero-order valence-corrected chi connectivity index (χ0v) is 21.5. The third-order valence-electron chi connectivity index (χ3n) is 6.09. The Morgan fingerprint density at radius 1 is 0.974 bits per heavy atom. The molecule has 1 unspecified atom stereocenters. The van der Waals surface area contributed by atoms with Gasteiger partial charge in [-0.3, -0.25) is 9.59 Å². The number of carbonyl (C=O) groups excluding carboxylic acids is 1. The number of hydrogen-bond donors (Lipinski definition) is 2. The highest BCUT2D eigenvalue weighted by molar-refractivity contribution is 7.12. The van der Waals surface area contributed by atoms with Gasteiger partial charge in [0.05, 0.1) is 17.0 Å². The summed E-state index contributed by atoms with van der Waals surface area (Å²) in [5.41, 5.74) is 4.12. The van der Waals surface area contributed by atoms with Gasteiger partial charge in [-0.05, 0) is 58.5 Å². The van der Waals surface area contributed by atoms with Gasteiger partial charge < -0.3 is 15.2 Å². The molecule has 0 spiro atoms. The maximum absolute atomic E-state index is 11.7. The molecule has 194 valence electrons. The van der Waals surface area contributed by atoms with Crippen LogP contribution in [0.5, 0.6) is 11.8 Å². The topological polar surface area (TPSA) is 114 Å². The normalized spacial score (nSPS) is 11.5. The first-order chi connectivity index (χ1) is 19.1. The van der Waals surface area contributed by atoms with Crippen LogP contribution in [0.4, 0.5) is 5.82 Å². The van der Waals surface area contributed by atoms with E-state index >= 15 is 0 Å². The predicted molar refractivity (Wildman–Crippen MR) is 149 cm³/mol. The SMILES string of the molecule is O=Cc1sccc1-c1ccc(C(CC(=O)O)c2ccnc(Oc3ccc(CNc4ccccn4)cc3)n2)cc1. The number of aliphatic carboxylic acids is 1. The average molecular weight is 537 g/mol. The maximum Gasteiger partial charge on any atom is 0.322 e. The smallest absolute Gasteiger partial charge is 0.322 e. The molecule has 0 saturated heterocycles. The van der Waals surface area contributed by atoms with Crippen LogP contribution in [-0.4, -0.2) is 32.3 Å². The third kappa shape index (κ3) is 6.52. The summed E-state index contributed by atoms with van der Waals surface area (Å²) in [4.78, 5) is 36.7. The Morgan fingerprint density at radius 2 is 1.79 bits per heavy atom. The van der Waals surface area contributed by atoms with E-state index in [2.05, 4.69) is 20.3 Å². The van der Waals surface area contributed by atoms with E-state index in [-0.39, 0.29) is 12.4 Å². The van der Waals surface area contributed by atoms with Crippen molar-refractivity contribution in [2.75, 3.05) is 5.32 Å². The quantitative estimate of drug-likeness (QED) is 0.186. The molecule has 0 amide bonds. The third-order valence-corrected chi connectivity index (χ3v) is 6.93. The molecule has 3 heterocycles. The molecule has 9 heteroatoms. The molecule has 0 bridgehead atoms. The number of thiophene rings is 1. The first-order valence-electron chi connectivity index (χ1n) is 12.2. The van der Waals surface area contributed by atoms with Crippen molar-refractivity contribution in [3.63, 3.8) is 0 Å². The Hall–Kier alpha value is -4.89. The van der Waals surface area contributed by atoms with Crippen LogP contribution in [0.15, 0.2) is 96.6 Å². The Balaban J connectivity index is 1.31. The molecule has 2 N–H and O–H groups in total. The molecule has 0 aliphatic rings. The molecule has 5 rings (SSSR count). The van der Waals surface area contributed by atoms with Gasteiger partial charge in [-0.15, -0.1) is 11.3 Å². The van der Waals surface area contributed by atoms with Crippen molar-refractivity contribution in [3.8, 4) is 22.9 Å². The molecule has 0 radical (unpaired) electrons. The summed E-state index contributed by atoms with van der Waals surface area (Å²) in [6.07, 6.45) is 3.99. The van der Waals surface area contributed by atoms with Gasteiger partial charge in [0.25, 0.3) is 0 Å². The van der Waals surface area contributed by atoms with E-state index in [9.17, 15) is 14.7 Å². The molecule has 0 saturated carbocycles. The van der Waals surface area contributed by atoms with Crippen molar-refractivity contribution in [3.05, 3.63) is 118 Å². The number of nitrogens with zero attached hydrogens (tertiary/aromatic N) is 3. The molecule has 2 aromatic carbocycles. The highest BCUT2D eigenvalue weighted by atomic mass is 32.1. The van der Waals surface area contributed by atoms with Gasteiger partial charge in [0.15, 0.2) is 6.29 Å². The molecule has 1 atom stereocenters. The number of carbonyl (C=O) groups is 2. The summed E-state index contributed by atoms with van der Waals surface area (Å²) in [6.45, 7) is 0.613. The van der Waals surface area contributed by atoms with E-state index in [1.807, 2.05) is 78.2 Å². The fourth-order valence-electron chi connectivity index (χ4n) is 4.15. The number of nitrogens with one attached hydrogen (secondary N) is 1. The molecule has 5 aromatic rings. The first kappa shape index (κ1) is 25.7. The number of hydrogen-bond acceptors (Lipinski definition) is 8. The summed E-state index contributed by atoms with van der Waals surface area (Å²) < 4.78 is 5.89. The van der Waals surface area contributed by atoms with Crippen molar-refractivity contribution in [2.45, 2.75) is 18.9 Å². The van der Waals surface area contributed by atoms with Crippen LogP contribution in [0.2, 0.25) is 0 Å². The number of benzene rings is 2. The van der Waals surface area contributed by atoms with E-state index in [1.54, 1.807) is 18.5 Å². The van der Waals surface area contributed by atoms with E-state index < -0.39 is 11.9 Å². The minimum Gasteiger partial charge on any atom is -0.481 e. The minimum absolute atomic E-state index is 0.132. The number of anilines is 1. The minimum atomic E-state index is -0.943. The predicted octanol–water partition coefficient (Wildman–Crippen LogP) is 6.42. The largest absolute Gasteiger partial charge is 0.481 e. The number of carboxylic acids is 1. The highest BCUT2D eigenvalue weighted by Crippen LogP contribution is 2.32. The molecular weight excluding hydrogens is 512 g/mol. The number of aldehydes is 1. The van der Waals surface area contributed by atoms with Crippen molar-refractivity contribution < 1.29 is 19.4 Å². The molecule has 0 fully saturated rings. The summed E-state index contributed by atoms with van der Waals surface area (Å²) in [5.74, 6) is -0.0866. The Kier molecular flexibility index (Phi) is 7.99. The first-order valence-corrected chi connectivity index (χ1v) is 13.1. The summed E-state index contributed by atoms with van der Waals surface area (Å²) in [7, 11) is 0. The second kappa shape index (κ2) is 12.1. The highest BCUT2D eigenvalue weighted by Gasteiger charge is 2.21. The molecule has 0 aliphatic heterocycles. The Morgan fingerprint density at radius 3 is 2.51 bits per heavy atom. The zero-order valence-electron chi connectivity index (χ0n) is 20.7. The standard InChI is InChI=1S/C30H24N4O4S/c35-19-27-24(13-16-39-27)21-6-8-22(9-7-21)25(17-29(36)37)26-12-15-32-30(34-26)38-23-10-4-20(5-11-23)18-33-28-3-1-2-14-31-28/h1-16,19,25H,17-18H2,(H,31,33)(H,36,37). The van der Waals surface area contributed by atoms with Crippen LogP contribution in [0.1, 0.15) is 38.8 Å². The Bertz CT molecular complexity index is 1550. The average Bonchev–Trinajstić information content (AvgIpc) is 3.45. The van der Waals surface area contributed by atoms with Gasteiger partial charge in [0.1, 0.15) is 11.6 Å². The van der Waals surface area contributed by atoms with Gasteiger partial charge in [-0.1, -0.05) is 42.5 Å². The number of pyridine rings is 1. The van der Waals surface area contributed by atoms with Crippen molar-refractivity contribution in [1.82, 2.24) is 15.0 Å². The zero-order chi connectivity index (χ0) is 27.0. The van der Waals surface area contributed by atoms with Crippen molar-refractivity contribution in [2.24, 2.45) is 0 Å². The summed E-state index contributed by atoms with van der Waals surface area (Å²) in [6, 6.07) is 24.5. The van der Waals surface area contributed by atoms with Crippen molar-refractivity contribution >= 4 is 29.4 Å². The van der Waals surface area contributed by atoms with Crippen LogP contribution in [0.25, 0.3) is 11.1 Å². The van der Waals surface area contributed by atoms with Gasteiger partial charge in [0, 0.05) is 30.4 Å². The molecular formula is C30H24N4O4S.